The lowest BCUT2D eigenvalue weighted by atomic mass is 9.85. The summed E-state index contributed by atoms with van der Waals surface area (Å²) in [5.41, 5.74) is 5.39. The van der Waals surface area contributed by atoms with Crippen molar-refractivity contribution in [1.82, 2.24) is 14.8 Å². The van der Waals surface area contributed by atoms with Gasteiger partial charge in [0.05, 0.1) is 0 Å². The van der Waals surface area contributed by atoms with Crippen LogP contribution in [0.5, 0.6) is 5.75 Å². The van der Waals surface area contributed by atoms with Crippen molar-refractivity contribution in [2.75, 3.05) is 11.1 Å². The minimum absolute atomic E-state index is 0.138. The van der Waals surface area contributed by atoms with Gasteiger partial charge in [0, 0.05) is 17.7 Å². The summed E-state index contributed by atoms with van der Waals surface area (Å²) in [6, 6.07) is 16.4. The monoisotopic (exact) mass is 488 g/mol. The van der Waals surface area contributed by atoms with Crippen LogP contribution in [0.3, 0.4) is 0 Å². The molecule has 1 atom stereocenters. The molecule has 7 heteroatoms. The largest absolute Gasteiger partial charge is 0.489 e. The molecule has 1 N–H and O–H groups in total. The summed E-state index contributed by atoms with van der Waals surface area (Å²) >= 11 is 1.60. The van der Waals surface area contributed by atoms with E-state index in [1.165, 1.54) is 5.56 Å². The molecule has 0 radical (unpaired) electrons. The molecule has 2 heterocycles. The Labute approximate surface area is 211 Å². The smallest absolute Gasteiger partial charge is 0.227 e. The van der Waals surface area contributed by atoms with Gasteiger partial charge in [0.2, 0.25) is 11.1 Å². The summed E-state index contributed by atoms with van der Waals surface area (Å²) in [6.07, 6.45) is 2.30. The van der Waals surface area contributed by atoms with Crippen LogP contribution in [0.25, 0.3) is 0 Å². The van der Waals surface area contributed by atoms with Crippen molar-refractivity contribution in [2.24, 2.45) is 0 Å². The number of nitrogens with zero attached hydrogens (tertiary/aromatic N) is 3. The van der Waals surface area contributed by atoms with E-state index in [4.69, 9.17) is 9.84 Å². The van der Waals surface area contributed by atoms with Gasteiger partial charge in [-0.1, -0.05) is 75.9 Å². The van der Waals surface area contributed by atoms with Gasteiger partial charge in [-0.2, -0.15) is 4.98 Å². The third kappa shape index (κ3) is 4.87. The number of allylic oxidation sites excluding steroid dienone is 2. The number of carbonyl (C=O) groups is 1. The molecule has 5 rings (SSSR count). The van der Waals surface area contributed by atoms with Gasteiger partial charge in [0.15, 0.2) is 5.78 Å². The topological polar surface area (TPSA) is 69.0 Å². The third-order valence-corrected chi connectivity index (χ3v) is 7.26. The molecule has 1 aromatic heterocycles. The number of Topliss-reactive ketones (excluding diaryl/α,β-unsaturated/α-hetero) is 1. The zero-order valence-corrected chi connectivity index (χ0v) is 21.6. The van der Waals surface area contributed by atoms with Crippen molar-refractivity contribution in [1.29, 1.82) is 0 Å². The molecule has 0 saturated carbocycles. The summed E-state index contributed by atoms with van der Waals surface area (Å²) < 4.78 is 7.93. The summed E-state index contributed by atoms with van der Waals surface area (Å²) in [5.74, 6) is 2.59. The Kier molecular flexibility index (Phi) is 6.45. The molecule has 0 amide bonds. The Morgan fingerprint density at radius 3 is 2.51 bits per heavy atom. The van der Waals surface area contributed by atoms with Crippen LogP contribution in [0.4, 0.5) is 5.95 Å². The lowest BCUT2D eigenvalue weighted by molar-refractivity contribution is -0.116. The fraction of sp³-hybridized carbons (Fsp3) is 0.393. The van der Waals surface area contributed by atoms with Crippen molar-refractivity contribution in [2.45, 2.75) is 70.2 Å². The Hall–Kier alpha value is -3.06. The van der Waals surface area contributed by atoms with Crippen LogP contribution in [-0.2, 0) is 16.8 Å². The van der Waals surface area contributed by atoms with Crippen molar-refractivity contribution in [3.8, 4) is 5.75 Å². The maximum Gasteiger partial charge on any atom is 0.227 e. The first-order valence-electron chi connectivity index (χ1n) is 12.3. The highest BCUT2D eigenvalue weighted by Gasteiger charge is 2.36. The molecule has 3 aromatic rings. The van der Waals surface area contributed by atoms with Crippen molar-refractivity contribution in [3.05, 3.63) is 76.5 Å². The van der Waals surface area contributed by atoms with Gasteiger partial charge in [-0.3, -0.25) is 4.79 Å². The van der Waals surface area contributed by atoms with E-state index in [1.807, 2.05) is 28.9 Å². The van der Waals surface area contributed by atoms with E-state index in [-0.39, 0.29) is 17.2 Å². The quantitative estimate of drug-likeness (QED) is 0.411. The van der Waals surface area contributed by atoms with Gasteiger partial charge in [-0.05, 0) is 52.8 Å². The first-order chi connectivity index (χ1) is 16.8. The first-order valence-corrected chi connectivity index (χ1v) is 13.3. The van der Waals surface area contributed by atoms with Crippen LogP contribution in [0.2, 0.25) is 0 Å². The number of rotatable bonds is 6. The number of nitrogens with one attached hydrogen (secondary N) is 1. The Bertz CT molecular complexity index is 1250. The van der Waals surface area contributed by atoms with Gasteiger partial charge in [0.25, 0.3) is 0 Å². The first kappa shape index (κ1) is 23.7. The Balaban J connectivity index is 1.37. The van der Waals surface area contributed by atoms with Gasteiger partial charge < -0.3 is 10.1 Å². The van der Waals surface area contributed by atoms with Crippen LogP contribution in [-0.4, -0.2) is 26.3 Å². The lowest BCUT2D eigenvalue weighted by Crippen LogP contribution is -2.31. The maximum atomic E-state index is 13.0. The van der Waals surface area contributed by atoms with Crippen LogP contribution in [0.1, 0.15) is 69.7 Å². The maximum absolute atomic E-state index is 13.0. The zero-order valence-electron chi connectivity index (χ0n) is 20.8. The predicted molar refractivity (Wildman–Crippen MR) is 140 cm³/mol. The number of ketones is 1. The number of hydrogen-bond acceptors (Lipinski definition) is 6. The Morgan fingerprint density at radius 2 is 1.83 bits per heavy atom. The highest BCUT2D eigenvalue weighted by atomic mass is 32.2. The lowest BCUT2D eigenvalue weighted by Gasteiger charge is -2.32. The van der Waals surface area contributed by atoms with Crippen molar-refractivity contribution in [3.63, 3.8) is 0 Å². The standard InChI is InChI=1S/C28H32N4O2S/c1-5-35-27-30-26-29-22-7-6-8-23(33)24(22)25(32(26)31-27)19-11-15-21(16-12-19)34-17-18-9-13-20(14-10-18)28(2,3)4/h9-16,25H,5-8,17H2,1-4H3,(H,29,30,31). The second-order valence-corrected chi connectivity index (χ2v) is 11.3. The number of thioether (sulfide) groups is 1. The molecule has 1 unspecified atom stereocenters. The van der Waals surface area contributed by atoms with E-state index >= 15 is 0 Å². The van der Waals surface area contributed by atoms with E-state index in [0.29, 0.717) is 19.0 Å². The molecular formula is C28H32N4O2S. The highest BCUT2D eigenvalue weighted by molar-refractivity contribution is 7.99. The van der Waals surface area contributed by atoms with Crippen molar-refractivity contribution < 1.29 is 9.53 Å². The average Bonchev–Trinajstić information content (AvgIpc) is 3.24. The fourth-order valence-corrected chi connectivity index (χ4v) is 5.20. The fourth-order valence-electron chi connectivity index (χ4n) is 4.65. The van der Waals surface area contributed by atoms with Gasteiger partial charge >= 0.3 is 0 Å². The van der Waals surface area contributed by atoms with Crippen molar-refractivity contribution >= 4 is 23.5 Å². The summed E-state index contributed by atoms with van der Waals surface area (Å²) in [6.45, 7) is 9.24. The number of hydrogen-bond donors (Lipinski definition) is 1. The average molecular weight is 489 g/mol. The van der Waals surface area contributed by atoms with Crippen LogP contribution >= 0.6 is 11.8 Å². The van der Waals surface area contributed by atoms with E-state index in [0.717, 1.165) is 51.9 Å². The van der Waals surface area contributed by atoms with E-state index < -0.39 is 0 Å². The van der Waals surface area contributed by atoms with E-state index in [1.54, 1.807) is 11.8 Å². The summed E-state index contributed by atoms with van der Waals surface area (Å²) in [7, 11) is 0. The second-order valence-electron chi connectivity index (χ2n) is 10.1. The molecule has 2 aliphatic rings. The molecule has 0 bridgehead atoms. The zero-order chi connectivity index (χ0) is 24.6. The minimum atomic E-state index is -0.272. The van der Waals surface area contributed by atoms with E-state index in [2.05, 4.69) is 62.3 Å². The molecule has 182 valence electrons. The normalized spacial score (nSPS) is 17.6. The van der Waals surface area contributed by atoms with Gasteiger partial charge in [-0.15, -0.1) is 5.10 Å². The van der Waals surface area contributed by atoms with E-state index in [9.17, 15) is 4.79 Å². The minimum Gasteiger partial charge on any atom is -0.489 e. The van der Waals surface area contributed by atoms with Gasteiger partial charge in [-0.25, -0.2) is 4.68 Å². The number of ether oxygens (including phenoxy) is 1. The highest BCUT2D eigenvalue weighted by Crippen LogP contribution is 2.40. The number of aromatic nitrogens is 3. The molecule has 35 heavy (non-hydrogen) atoms. The molecule has 0 saturated heterocycles. The molecule has 1 aliphatic carbocycles. The number of anilines is 1. The Morgan fingerprint density at radius 1 is 1.09 bits per heavy atom. The molecule has 0 spiro atoms. The molecule has 2 aromatic carbocycles. The van der Waals surface area contributed by atoms with Crippen LogP contribution < -0.4 is 10.1 Å². The number of fused-ring (bicyclic) bond motifs is 1. The van der Waals surface area contributed by atoms with Crippen LogP contribution in [0.15, 0.2) is 65.0 Å². The van der Waals surface area contributed by atoms with Gasteiger partial charge in [0.1, 0.15) is 18.4 Å². The molecule has 1 aliphatic heterocycles. The second kappa shape index (κ2) is 9.53. The predicted octanol–water partition coefficient (Wildman–Crippen LogP) is 6.29. The molecule has 6 nitrogen and oxygen atoms in total. The number of benzene rings is 2. The van der Waals surface area contributed by atoms with Crippen LogP contribution in [0, 0.1) is 0 Å². The number of carbonyl (C=O) groups excluding carboxylic acids is 1. The third-order valence-electron chi connectivity index (χ3n) is 6.54. The summed E-state index contributed by atoms with van der Waals surface area (Å²) in [4.78, 5) is 17.6. The summed E-state index contributed by atoms with van der Waals surface area (Å²) in [5, 5.41) is 8.84. The SMILES string of the molecule is CCSc1nc2n(n1)C(c1ccc(OCc3ccc(C(C)(C)C)cc3)cc1)C1=C(CCCC1=O)N2. The molecular weight excluding hydrogens is 456 g/mol. The molecule has 0 fully saturated rings.